The summed E-state index contributed by atoms with van der Waals surface area (Å²) in [4.78, 5) is 8.17. The predicted molar refractivity (Wildman–Crippen MR) is 66.1 cm³/mol. The van der Waals surface area contributed by atoms with Gasteiger partial charge in [-0.3, -0.25) is 0 Å². The van der Waals surface area contributed by atoms with Gasteiger partial charge in [0.1, 0.15) is 12.1 Å². The van der Waals surface area contributed by atoms with Crippen LogP contribution in [0.3, 0.4) is 0 Å². The SMILES string of the molecule is Cc1cc(Nc2ccc(CCl)cc2)ncn1. The summed E-state index contributed by atoms with van der Waals surface area (Å²) in [6.07, 6.45) is 1.55. The van der Waals surface area contributed by atoms with Crippen LogP contribution < -0.4 is 5.32 Å². The third-order valence-electron chi connectivity index (χ3n) is 2.18. The molecule has 1 aromatic carbocycles. The van der Waals surface area contributed by atoms with Gasteiger partial charge in [0.25, 0.3) is 0 Å². The molecule has 0 fully saturated rings. The molecule has 2 aromatic rings. The quantitative estimate of drug-likeness (QED) is 0.827. The van der Waals surface area contributed by atoms with Crippen molar-refractivity contribution in [3.8, 4) is 0 Å². The summed E-state index contributed by atoms with van der Waals surface area (Å²) in [7, 11) is 0. The van der Waals surface area contributed by atoms with Gasteiger partial charge in [0.15, 0.2) is 0 Å². The number of alkyl halides is 1. The zero-order chi connectivity index (χ0) is 11.4. The van der Waals surface area contributed by atoms with Crippen LogP contribution >= 0.6 is 11.6 Å². The second-order valence-electron chi connectivity index (χ2n) is 3.50. The summed E-state index contributed by atoms with van der Waals surface area (Å²) in [5, 5.41) is 3.20. The first-order valence-corrected chi connectivity index (χ1v) is 5.52. The molecule has 1 aromatic heterocycles. The van der Waals surface area contributed by atoms with Crippen LogP contribution in [-0.4, -0.2) is 9.97 Å². The van der Waals surface area contributed by atoms with E-state index in [1.54, 1.807) is 6.33 Å². The fraction of sp³-hybridized carbons (Fsp3) is 0.167. The molecular weight excluding hydrogens is 222 g/mol. The number of rotatable bonds is 3. The van der Waals surface area contributed by atoms with Gasteiger partial charge in [-0.2, -0.15) is 0 Å². The van der Waals surface area contributed by atoms with Crippen molar-refractivity contribution in [3.05, 3.63) is 47.9 Å². The van der Waals surface area contributed by atoms with E-state index in [4.69, 9.17) is 11.6 Å². The first-order chi connectivity index (χ1) is 7.78. The van der Waals surface area contributed by atoms with Gasteiger partial charge >= 0.3 is 0 Å². The number of aryl methyl sites for hydroxylation is 1. The second kappa shape index (κ2) is 4.94. The predicted octanol–water partition coefficient (Wildman–Crippen LogP) is 3.27. The van der Waals surface area contributed by atoms with E-state index in [-0.39, 0.29) is 0 Å². The summed E-state index contributed by atoms with van der Waals surface area (Å²) in [5.41, 5.74) is 3.04. The Bertz CT molecular complexity index is 468. The lowest BCUT2D eigenvalue weighted by molar-refractivity contribution is 1.10. The van der Waals surface area contributed by atoms with E-state index < -0.39 is 0 Å². The maximum atomic E-state index is 5.72. The smallest absolute Gasteiger partial charge is 0.133 e. The van der Waals surface area contributed by atoms with E-state index >= 15 is 0 Å². The van der Waals surface area contributed by atoms with Crippen LogP contribution in [-0.2, 0) is 5.88 Å². The maximum Gasteiger partial charge on any atom is 0.133 e. The van der Waals surface area contributed by atoms with Gasteiger partial charge in [-0.15, -0.1) is 11.6 Å². The molecule has 0 saturated heterocycles. The van der Waals surface area contributed by atoms with Crippen molar-refractivity contribution in [2.75, 3.05) is 5.32 Å². The standard InChI is InChI=1S/C12H12ClN3/c1-9-6-12(15-8-14-9)16-11-4-2-10(7-13)3-5-11/h2-6,8H,7H2,1H3,(H,14,15,16). The highest BCUT2D eigenvalue weighted by atomic mass is 35.5. The van der Waals surface area contributed by atoms with Gasteiger partial charge in [0.05, 0.1) is 0 Å². The van der Waals surface area contributed by atoms with Crippen molar-refractivity contribution in [2.24, 2.45) is 0 Å². The van der Waals surface area contributed by atoms with Crippen molar-refractivity contribution in [1.82, 2.24) is 9.97 Å². The molecule has 16 heavy (non-hydrogen) atoms. The minimum absolute atomic E-state index is 0.535. The number of aromatic nitrogens is 2. The van der Waals surface area contributed by atoms with Gasteiger partial charge in [-0.05, 0) is 24.6 Å². The maximum absolute atomic E-state index is 5.72. The number of anilines is 2. The first kappa shape index (κ1) is 10.9. The molecule has 4 heteroatoms. The van der Waals surface area contributed by atoms with E-state index in [1.165, 1.54) is 0 Å². The molecule has 1 heterocycles. The molecule has 0 saturated carbocycles. The van der Waals surface area contributed by atoms with Crippen molar-refractivity contribution in [1.29, 1.82) is 0 Å². The highest BCUT2D eigenvalue weighted by molar-refractivity contribution is 6.17. The third kappa shape index (κ3) is 2.70. The van der Waals surface area contributed by atoms with Crippen LogP contribution in [0.15, 0.2) is 36.7 Å². The van der Waals surface area contributed by atoms with E-state index in [2.05, 4.69) is 15.3 Å². The van der Waals surface area contributed by atoms with Gasteiger partial charge < -0.3 is 5.32 Å². The molecule has 0 atom stereocenters. The second-order valence-corrected chi connectivity index (χ2v) is 3.77. The Balaban J connectivity index is 2.14. The fourth-order valence-electron chi connectivity index (χ4n) is 1.35. The number of nitrogens with zero attached hydrogens (tertiary/aromatic N) is 2. The normalized spacial score (nSPS) is 10.1. The fourth-order valence-corrected chi connectivity index (χ4v) is 1.53. The number of nitrogens with one attached hydrogen (secondary N) is 1. The number of hydrogen-bond donors (Lipinski definition) is 1. The third-order valence-corrected chi connectivity index (χ3v) is 2.49. The summed E-state index contributed by atoms with van der Waals surface area (Å²) >= 11 is 5.72. The van der Waals surface area contributed by atoms with Gasteiger partial charge in [-0.25, -0.2) is 9.97 Å². The lowest BCUT2D eigenvalue weighted by Crippen LogP contribution is -1.95. The summed E-state index contributed by atoms with van der Waals surface area (Å²) in [6, 6.07) is 9.84. The molecule has 0 radical (unpaired) electrons. The largest absolute Gasteiger partial charge is 0.340 e. The van der Waals surface area contributed by atoms with Crippen LogP contribution in [0, 0.1) is 6.92 Å². The van der Waals surface area contributed by atoms with Crippen molar-refractivity contribution in [3.63, 3.8) is 0 Å². The monoisotopic (exact) mass is 233 g/mol. The molecule has 0 spiro atoms. The van der Waals surface area contributed by atoms with Crippen LogP contribution in [0.5, 0.6) is 0 Å². The van der Waals surface area contributed by atoms with Gasteiger partial charge in [-0.1, -0.05) is 12.1 Å². The summed E-state index contributed by atoms with van der Waals surface area (Å²) in [6.45, 7) is 1.93. The average molecular weight is 234 g/mol. The number of halogens is 1. The molecule has 82 valence electrons. The Hall–Kier alpha value is -1.61. The van der Waals surface area contributed by atoms with Crippen LogP contribution in [0.1, 0.15) is 11.3 Å². The average Bonchev–Trinajstić information content (AvgIpc) is 2.30. The molecule has 3 nitrogen and oxygen atoms in total. The Labute approximate surface area is 99.5 Å². The highest BCUT2D eigenvalue weighted by Gasteiger charge is 1.97. The Morgan fingerprint density at radius 1 is 1.19 bits per heavy atom. The number of hydrogen-bond acceptors (Lipinski definition) is 3. The first-order valence-electron chi connectivity index (χ1n) is 4.98. The van der Waals surface area contributed by atoms with E-state index in [0.29, 0.717) is 5.88 Å². The molecule has 0 amide bonds. The lowest BCUT2D eigenvalue weighted by Gasteiger charge is -2.06. The molecular formula is C12H12ClN3. The molecule has 1 N–H and O–H groups in total. The lowest BCUT2D eigenvalue weighted by atomic mass is 10.2. The Kier molecular flexibility index (Phi) is 3.37. The van der Waals surface area contributed by atoms with Gasteiger partial charge in [0.2, 0.25) is 0 Å². The van der Waals surface area contributed by atoms with E-state index in [0.717, 1.165) is 22.8 Å². The topological polar surface area (TPSA) is 37.8 Å². The zero-order valence-corrected chi connectivity index (χ0v) is 9.70. The molecule has 2 rings (SSSR count). The van der Waals surface area contributed by atoms with Gasteiger partial charge in [0, 0.05) is 23.3 Å². The van der Waals surface area contributed by atoms with Crippen molar-refractivity contribution >= 4 is 23.1 Å². The van der Waals surface area contributed by atoms with Crippen LogP contribution in [0.2, 0.25) is 0 Å². The molecule has 0 aliphatic carbocycles. The zero-order valence-electron chi connectivity index (χ0n) is 8.94. The Morgan fingerprint density at radius 2 is 1.94 bits per heavy atom. The summed E-state index contributed by atoms with van der Waals surface area (Å²) in [5.74, 6) is 1.33. The highest BCUT2D eigenvalue weighted by Crippen LogP contribution is 2.15. The van der Waals surface area contributed by atoms with Crippen molar-refractivity contribution < 1.29 is 0 Å². The van der Waals surface area contributed by atoms with E-state index in [9.17, 15) is 0 Å². The van der Waals surface area contributed by atoms with Crippen molar-refractivity contribution in [2.45, 2.75) is 12.8 Å². The summed E-state index contributed by atoms with van der Waals surface area (Å²) < 4.78 is 0. The minimum atomic E-state index is 0.535. The van der Waals surface area contributed by atoms with E-state index in [1.807, 2.05) is 37.3 Å². The Morgan fingerprint density at radius 3 is 2.56 bits per heavy atom. The molecule has 0 unspecified atom stereocenters. The molecule has 0 aliphatic heterocycles. The van der Waals surface area contributed by atoms with Crippen LogP contribution in [0.4, 0.5) is 11.5 Å². The van der Waals surface area contributed by atoms with Crippen LogP contribution in [0.25, 0.3) is 0 Å². The molecule has 0 aliphatic rings. The molecule has 0 bridgehead atoms. The number of benzene rings is 1. The minimum Gasteiger partial charge on any atom is -0.340 e.